The average molecular weight is 777 g/mol. The number of thioether (sulfide) groups is 1. The van der Waals surface area contributed by atoms with Gasteiger partial charge in [0.1, 0.15) is 17.1 Å². The molecule has 3 aromatic carbocycles. The third-order valence-electron chi connectivity index (χ3n) is 10.2. The molecule has 0 aliphatic carbocycles. The Morgan fingerprint density at radius 3 is 2.18 bits per heavy atom. The number of nitrogens with zero attached hydrogens (tertiary/aromatic N) is 5. The summed E-state index contributed by atoms with van der Waals surface area (Å²) in [6, 6.07) is 27.4. The van der Waals surface area contributed by atoms with E-state index in [9.17, 15) is 24.3 Å². The van der Waals surface area contributed by atoms with E-state index < -0.39 is 34.8 Å². The molecule has 280 valence electrons. The van der Waals surface area contributed by atoms with Gasteiger partial charge in [0.25, 0.3) is 11.8 Å². The number of nitrogen functional groups attached to an aromatic ring is 1. The summed E-state index contributed by atoms with van der Waals surface area (Å²) in [7, 11) is 0. The smallest absolute Gasteiger partial charge is 0.352 e. The number of allylic oxidation sites excluding steroid dienone is 1. The second kappa shape index (κ2) is 15.1. The van der Waals surface area contributed by atoms with Crippen LogP contribution in [0, 0.1) is 0 Å². The van der Waals surface area contributed by atoms with Crippen LogP contribution in [0.4, 0.5) is 5.13 Å². The van der Waals surface area contributed by atoms with Gasteiger partial charge in [0.15, 0.2) is 5.13 Å². The van der Waals surface area contributed by atoms with Crippen molar-refractivity contribution < 1.29 is 29.1 Å². The average Bonchev–Trinajstić information content (AvgIpc) is 3.98. The standard InChI is InChI=1S/C39H36N8O6S2/c40-38-43-32(45-55-38)29(44-53-39(25-10-4-1-5-11-25,26-12-6-2-7-13-26)27-14-8-3-9-15-27)33(48)42-30-35(50)47-31(37(51)52)24(22-54-36(30)47)20-23-17-19-46(34(23)49)28-16-18-41-21-28/h1-15,20,28,30,36,41H,16-19,21-22H2,(H,42,48)(H,51,52)(H2,40,43,45)/t28-,30?,36-/m0/s1. The van der Waals surface area contributed by atoms with E-state index in [0.29, 0.717) is 24.1 Å². The number of rotatable bonds is 11. The molecule has 4 aliphatic heterocycles. The van der Waals surface area contributed by atoms with Crippen molar-refractivity contribution in [1.29, 1.82) is 0 Å². The number of oxime groups is 1. The lowest BCUT2D eigenvalue weighted by molar-refractivity contribution is -0.150. The molecule has 4 aliphatic rings. The van der Waals surface area contributed by atoms with Crippen LogP contribution in [0.25, 0.3) is 0 Å². The van der Waals surface area contributed by atoms with Gasteiger partial charge in [0.05, 0.1) is 0 Å². The van der Waals surface area contributed by atoms with E-state index >= 15 is 0 Å². The number of carbonyl (C=O) groups is 4. The van der Waals surface area contributed by atoms with Gasteiger partial charge >= 0.3 is 5.97 Å². The Kier molecular flexibility index (Phi) is 9.94. The Morgan fingerprint density at radius 1 is 1.00 bits per heavy atom. The summed E-state index contributed by atoms with van der Waals surface area (Å²) in [6.07, 6.45) is 2.98. The van der Waals surface area contributed by atoms with Crippen LogP contribution < -0.4 is 16.4 Å². The minimum absolute atomic E-state index is 0.0892. The minimum Gasteiger partial charge on any atom is -0.477 e. The van der Waals surface area contributed by atoms with Crippen molar-refractivity contribution in [3.63, 3.8) is 0 Å². The van der Waals surface area contributed by atoms with Crippen LogP contribution in [-0.2, 0) is 29.6 Å². The van der Waals surface area contributed by atoms with Crippen molar-refractivity contribution in [2.75, 3.05) is 31.1 Å². The predicted molar refractivity (Wildman–Crippen MR) is 207 cm³/mol. The maximum atomic E-state index is 14.2. The van der Waals surface area contributed by atoms with E-state index in [-0.39, 0.29) is 40.1 Å². The molecule has 0 radical (unpaired) electrons. The van der Waals surface area contributed by atoms with E-state index in [2.05, 4.69) is 25.1 Å². The van der Waals surface area contributed by atoms with Gasteiger partial charge in [-0.1, -0.05) is 96.2 Å². The molecule has 3 atom stereocenters. The Labute approximate surface area is 324 Å². The fourth-order valence-electron chi connectivity index (χ4n) is 7.50. The number of aliphatic carboxylic acids is 1. The molecule has 3 saturated heterocycles. The van der Waals surface area contributed by atoms with Crippen molar-refractivity contribution in [2.45, 2.75) is 35.9 Å². The number of fused-ring (bicyclic) bond motifs is 1. The second-order valence-corrected chi connectivity index (χ2v) is 15.3. The van der Waals surface area contributed by atoms with Gasteiger partial charge in [-0.15, -0.1) is 11.8 Å². The van der Waals surface area contributed by atoms with E-state index in [0.717, 1.165) is 47.7 Å². The summed E-state index contributed by atoms with van der Waals surface area (Å²) in [5.41, 5.74) is 7.16. The summed E-state index contributed by atoms with van der Waals surface area (Å²) in [5.74, 6) is -2.73. The molecule has 3 amide bonds. The topological polar surface area (TPSA) is 192 Å². The van der Waals surface area contributed by atoms with Crippen LogP contribution >= 0.6 is 23.3 Å². The van der Waals surface area contributed by atoms with Crippen molar-refractivity contribution in [2.24, 2.45) is 5.16 Å². The predicted octanol–water partition coefficient (Wildman–Crippen LogP) is 3.09. The number of carboxylic acid groups (broad SMARTS) is 1. The van der Waals surface area contributed by atoms with Gasteiger partial charge in [-0.3, -0.25) is 19.3 Å². The number of nitrogens with two attached hydrogens (primary N) is 1. The van der Waals surface area contributed by atoms with Crippen LogP contribution in [-0.4, -0.2) is 96.5 Å². The molecule has 3 fully saturated rings. The number of likely N-dealkylation sites (tertiary alicyclic amines) is 1. The zero-order chi connectivity index (χ0) is 38.1. The first kappa shape index (κ1) is 36.2. The number of aromatic nitrogens is 2. The summed E-state index contributed by atoms with van der Waals surface area (Å²) < 4.78 is 4.25. The zero-order valence-corrected chi connectivity index (χ0v) is 31.0. The minimum atomic E-state index is -1.34. The molecule has 0 bridgehead atoms. The van der Waals surface area contributed by atoms with Crippen LogP contribution in [0.1, 0.15) is 35.4 Å². The fraction of sp³-hybridized carbons (Fsp3) is 0.256. The lowest BCUT2D eigenvalue weighted by Gasteiger charge is -2.49. The maximum absolute atomic E-state index is 14.2. The van der Waals surface area contributed by atoms with Gasteiger partial charge in [-0.05, 0) is 31.0 Å². The largest absolute Gasteiger partial charge is 0.477 e. The van der Waals surface area contributed by atoms with Crippen molar-refractivity contribution in [3.05, 3.63) is 136 Å². The summed E-state index contributed by atoms with van der Waals surface area (Å²) in [6.45, 7) is 2.14. The highest BCUT2D eigenvalue weighted by Crippen LogP contribution is 2.43. The summed E-state index contributed by atoms with van der Waals surface area (Å²) in [5, 5.41) is 20.1. The van der Waals surface area contributed by atoms with Crippen LogP contribution in [0.15, 0.2) is 119 Å². The van der Waals surface area contributed by atoms with Gasteiger partial charge < -0.3 is 31.2 Å². The molecule has 8 rings (SSSR count). The number of hydrogen-bond acceptors (Lipinski definition) is 12. The van der Waals surface area contributed by atoms with Crippen LogP contribution in [0.3, 0.4) is 0 Å². The molecule has 5 N–H and O–H groups in total. The van der Waals surface area contributed by atoms with Crippen LogP contribution in [0.2, 0.25) is 0 Å². The summed E-state index contributed by atoms with van der Waals surface area (Å²) in [4.78, 5) is 67.6. The third kappa shape index (κ3) is 6.66. The SMILES string of the molecule is Nc1nc(C(=NOC(c2ccccc2)(c2ccccc2)c2ccccc2)C(=O)NC2C(=O)N3C(C(=O)O)=C(C=C4CCN([C@H]5CCNC5)C4=O)CS[C@@H]23)ns1. The Balaban J connectivity index is 1.10. The highest BCUT2D eigenvalue weighted by Gasteiger charge is 2.54. The number of carboxylic acids is 1. The maximum Gasteiger partial charge on any atom is 0.352 e. The first-order valence-corrected chi connectivity index (χ1v) is 19.5. The number of carbonyl (C=O) groups excluding carboxylic acids is 3. The number of benzene rings is 3. The van der Waals surface area contributed by atoms with Gasteiger partial charge in [-0.25, -0.2) is 4.79 Å². The Bertz CT molecular complexity index is 2130. The van der Waals surface area contributed by atoms with E-state index in [1.54, 1.807) is 6.08 Å². The van der Waals surface area contributed by atoms with Gasteiger partial charge in [0.2, 0.25) is 23.0 Å². The van der Waals surface area contributed by atoms with E-state index in [4.69, 9.17) is 10.6 Å². The summed E-state index contributed by atoms with van der Waals surface area (Å²) >= 11 is 2.17. The molecule has 0 spiro atoms. The van der Waals surface area contributed by atoms with E-state index in [1.165, 1.54) is 16.7 Å². The number of nitrogens with one attached hydrogen (secondary N) is 2. The van der Waals surface area contributed by atoms with Gasteiger partial charge in [-0.2, -0.15) is 9.36 Å². The van der Waals surface area contributed by atoms with Crippen molar-refractivity contribution in [1.82, 2.24) is 29.8 Å². The molecular formula is C39H36N8O6S2. The van der Waals surface area contributed by atoms with Crippen LogP contribution in [0.5, 0.6) is 0 Å². The quantitative estimate of drug-likeness (QED) is 0.0576. The molecular weight excluding hydrogens is 741 g/mol. The van der Waals surface area contributed by atoms with Crippen molar-refractivity contribution in [3.8, 4) is 0 Å². The lowest BCUT2D eigenvalue weighted by atomic mass is 9.80. The Morgan fingerprint density at radius 2 is 1.64 bits per heavy atom. The Hall–Kier alpha value is -5.84. The molecule has 1 aromatic heterocycles. The number of hydrogen-bond donors (Lipinski definition) is 4. The number of anilines is 1. The highest BCUT2D eigenvalue weighted by molar-refractivity contribution is 8.00. The molecule has 14 nitrogen and oxygen atoms in total. The fourth-order valence-corrected chi connectivity index (χ4v) is 9.24. The van der Waals surface area contributed by atoms with Crippen molar-refractivity contribution >= 4 is 57.8 Å². The molecule has 1 unspecified atom stereocenters. The normalized spacial score (nSPS) is 22.1. The molecule has 0 saturated carbocycles. The monoisotopic (exact) mass is 776 g/mol. The third-order valence-corrected chi connectivity index (χ3v) is 12.0. The lowest BCUT2D eigenvalue weighted by Crippen LogP contribution is -2.71. The molecule has 5 heterocycles. The highest BCUT2D eigenvalue weighted by atomic mass is 32.2. The first-order chi connectivity index (χ1) is 26.8. The first-order valence-electron chi connectivity index (χ1n) is 17.7. The number of β-lactam (4-membered cyclic amide) rings is 1. The number of amides is 3. The second-order valence-electron chi connectivity index (χ2n) is 13.4. The van der Waals surface area contributed by atoms with Gasteiger partial charge in [0, 0.05) is 58.7 Å². The molecule has 16 heteroatoms. The van der Waals surface area contributed by atoms with E-state index in [1.807, 2.05) is 95.9 Å². The molecule has 4 aromatic rings. The zero-order valence-electron chi connectivity index (χ0n) is 29.3. The molecule has 55 heavy (non-hydrogen) atoms.